The third kappa shape index (κ3) is 7.87. The summed E-state index contributed by atoms with van der Waals surface area (Å²) in [6.07, 6.45) is 12.2. The van der Waals surface area contributed by atoms with Crippen molar-refractivity contribution in [2.45, 2.75) is 90.4 Å². The van der Waals surface area contributed by atoms with Gasteiger partial charge in [0.05, 0.1) is 6.61 Å². The van der Waals surface area contributed by atoms with Gasteiger partial charge in [0.15, 0.2) is 0 Å². The summed E-state index contributed by atoms with van der Waals surface area (Å²) in [6, 6.07) is 12.6. The predicted octanol–water partition coefficient (Wildman–Crippen LogP) is 9.05. The molecule has 4 heteroatoms. The normalized spacial score (nSPS) is 18.2. The van der Waals surface area contributed by atoms with Gasteiger partial charge in [0.1, 0.15) is 11.6 Å². The zero-order valence-corrected chi connectivity index (χ0v) is 20.3. The molecule has 3 nitrogen and oxygen atoms in total. The van der Waals surface area contributed by atoms with Crippen LogP contribution >= 0.6 is 0 Å². The molecule has 0 aromatic heterocycles. The Hall–Kier alpha value is -2.36. The predicted molar refractivity (Wildman–Crippen MR) is 132 cm³/mol. The number of hydrogen-bond donors (Lipinski definition) is 0. The maximum Gasteiger partial charge on any atom is 0.513 e. The molecule has 0 atom stereocenters. The second kappa shape index (κ2) is 13.4. The molecule has 1 aliphatic carbocycles. The van der Waals surface area contributed by atoms with E-state index in [1.165, 1.54) is 32.1 Å². The van der Waals surface area contributed by atoms with E-state index in [0.29, 0.717) is 23.8 Å². The molecule has 0 amide bonds. The first-order valence-electron chi connectivity index (χ1n) is 12.8. The highest BCUT2D eigenvalue weighted by Crippen LogP contribution is 2.39. The number of carbonyl (C=O) groups excluding carboxylic acids is 1. The summed E-state index contributed by atoms with van der Waals surface area (Å²) in [5.41, 5.74) is 2.45. The van der Waals surface area contributed by atoms with E-state index in [2.05, 4.69) is 19.9 Å². The molecule has 2 aromatic rings. The van der Waals surface area contributed by atoms with Crippen molar-refractivity contribution >= 4 is 6.16 Å². The number of benzene rings is 2. The van der Waals surface area contributed by atoms with E-state index in [4.69, 9.17) is 9.47 Å². The molecule has 0 spiro atoms. The van der Waals surface area contributed by atoms with Crippen LogP contribution in [0, 0.1) is 11.7 Å². The molecule has 2 aromatic carbocycles. The van der Waals surface area contributed by atoms with Crippen molar-refractivity contribution in [3.8, 4) is 16.9 Å². The minimum atomic E-state index is -0.695. The molecule has 0 radical (unpaired) electrons. The van der Waals surface area contributed by atoms with Crippen molar-refractivity contribution in [3.63, 3.8) is 0 Å². The number of ether oxygens (including phenoxy) is 2. The Balaban J connectivity index is 1.52. The third-order valence-corrected chi connectivity index (χ3v) is 6.86. The molecule has 1 fully saturated rings. The molecule has 0 saturated heterocycles. The van der Waals surface area contributed by atoms with E-state index in [1.807, 2.05) is 6.07 Å². The second-order valence-electron chi connectivity index (χ2n) is 9.38. The SMILES string of the molecule is CCCCCCOC(=O)Oc1ccc(-c2ccc([C@H]3CC[C@H](CCCC)CC3)cc2F)cc1. The van der Waals surface area contributed by atoms with Crippen LogP contribution in [-0.4, -0.2) is 12.8 Å². The van der Waals surface area contributed by atoms with Gasteiger partial charge in [-0.15, -0.1) is 0 Å². The van der Waals surface area contributed by atoms with Gasteiger partial charge < -0.3 is 9.47 Å². The summed E-state index contributed by atoms with van der Waals surface area (Å²) >= 11 is 0. The largest absolute Gasteiger partial charge is 0.513 e. The molecule has 0 bridgehead atoms. The van der Waals surface area contributed by atoms with Crippen LogP contribution in [0.25, 0.3) is 11.1 Å². The fraction of sp³-hybridized carbons (Fsp3) is 0.552. The van der Waals surface area contributed by atoms with E-state index in [-0.39, 0.29) is 5.82 Å². The molecule has 3 rings (SSSR count). The highest BCUT2D eigenvalue weighted by molar-refractivity contribution is 5.67. The zero-order chi connectivity index (χ0) is 23.5. The van der Waals surface area contributed by atoms with Crippen LogP contribution in [0.5, 0.6) is 5.75 Å². The third-order valence-electron chi connectivity index (χ3n) is 6.86. The minimum Gasteiger partial charge on any atom is -0.434 e. The Morgan fingerprint density at radius 1 is 0.909 bits per heavy atom. The molecule has 180 valence electrons. The Bertz CT molecular complexity index is 854. The summed E-state index contributed by atoms with van der Waals surface area (Å²) in [6.45, 7) is 4.76. The smallest absolute Gasteiger partial charge is 0.434 e. The first kappa shape index (κ1) is 25.3. The van der Waals surface area contributed by atoms with Crippen LogP contribution in [0.3, 0.4) is 0 Å². The maximum absolute atomic E-state index is 15.0. The van der Waals surface area contributed by atoms with Gasteiger partial charge in [-0.3, -0.25) is 0 Å². The first-order chi connectivity index (χ1) is 16.1. The number of unbranched alkanes of at least 4 members (excludes halogenated alkanes) is 4. The summed E-state index contributed by atoms with van der Waals surface area (Å²) in [5, 5.41) is 0. The quantitative estimate of drug-likeness (QED) is 0.193. The van der Waals surface area contributed by atoms with Crippen molar-refractivity contribution in [1.82, 2.24) is 0 Å². The lowest BCUT2D eigenvalue weighted by atomic mass is 9.77. The standard InChI is InChI=1S/C29H39FO3/c1-3-5-7-8-20-32-29(31)33-26-17-14-24(15-18-26)27-19-16-25(21-28(27)30)23-12-10-22(11-13-23)9-6-4-2/h14-19,21-23H,3-13,20H2,1-2H3/t22-,23-. The lowest BCUT2D eigenvalue weighted by molar-refractivity contribution is 0.0973. The van der Waals surface area contributed by atoms with E-state index in [1.54, 1.807) is 30.3 Å². The fourth-order valence-corrected chi connectivity index (χ4v) is 4.81. The number of carbonyl (C=O) groups is 1. The van der Waals surface area contributed by atoms with Gasteiger partial charge in [0.2, 0.25) is 0 Å². The van der Waals surface area contributed by atoms with Crippen molar-refractivity contribution in [3.05, 3.63) is 53.8 Å². The highest BCUT2D eigenvalue weighted by atomic mass is 19.1. The first-order valence-corrected chi connectivity index (χ1v) is 12.8. The summed E-state index contributed by atoms with van der Waals surface area (Å²) in [5.74, 6) is 1.52. The van der Waals surface area contributed by atoms with E-state index in [9.17, 15) is 9.18 Å². The summed E-state index contributed by atoms with van der Waals surface area (Å²) < 4.78 is 25.3. The second-order valence-corrected chi connectivity index (χ2v) is 9.38. The lowest BCUT2D eigenvalue weighted by Gasteiger charge is -2.29. The van der Waals surface area contributed by atoms with Crippen LogP contribution in [0.4, 0.5) is 9.18 Å². The van der Waals surface area contributed by atoms with Crippen molar-refractivity contribution in [1.29, 1.82) is 0 Å². The van der Waals surface area contributed by atoms with Crippen LogP contribution < -0.4 is 4.74 Å². The number of halogens is 1. The molecule has 1 saturated carbocycles. The topological polar surface area (TPSA) is 35.5 Å². The van der Waals surface area contributed by atoms with Gasteiger partial charge in [-0.25, -0.2) is 9.18 Å². The van der Waals surface area contributed by atoms with Crippen LogP contribution in [0.15, 0.2) is 42.5 Å². The lowest BCUT2D eigenvalue weighted by Crippen LogP contribution is -2.13. The van der Waals surface area contributed by atoms with Gasteiger partial charge in [-0.2, -0.15) is 0 Å². The molecular formula is C29H39FO3. The van der Waals surface area contributed by atoms with Gasteiger partial charge in [-0.1, -0.05) is 76.6 Å². The van der Waals surface area contributed by atoms with Crippen molar-refractivity contribution in [2.75, 3.05) is 6.61 Å². The summed E-state index contributed by atoms with van der Waals surface area (Å²) in [4.78, 5) is 11.8. The maximum atomic E-state index is 15.0. The van der Waals surface area contributed by atoms with Gasteiger partial charge >= 0.3 is 6.16 Å². The Morgan fingerprint density at radius 2 is 1.64 bits per heavy atom. The van der Waals surface area contributed by atoms with Crippen LogP contribution in [-0.2, 0) is 4.74 Å². The van der Waals surface area contributed by atoms with Crippen LogP contribution in [0.1, 0.15) is 96.0 Å². The average Bonchev–Trinajstić information content (AvgIpc) is 2.83. The Kier molecular flexibility index (Phi) is 10.2. The molecule has 33 heavy (non-hydrogen) atoms. The fourth-order valence-electron chi connectivity index (χ4n) is 4.81. The van der Waals surface area contributed by atoms with Gasteiger partial charge in [0.25, 0.3) is 0 Å². The van der Waals surface area contributed by atoms with Gasteiger partial charge in [-0.05, 0) is 73.3 Å². The van der Waals surface area contributed by atoms with E-state index < -0.39 is 6.16 Å². The van der Waals surface area contributed by atoms with E-state index >= 15 is 0 Å². The molecule has 0 unspecified atom stereocenters. The van der Waals surface area contributed by atoms with Crippen LogP contribution in [0.2, 0.25) is 0 Å². The molecule has 0 N–H and O–H groups in total. The molecule has 0 aliphatic heterocycles. The average molecular weight is 455 g/mol. The zero-order valence-electron chi connectivity index (χ0n) is 20.3. The van der Waals surface area contributed by atoms with E-state index in [0.717, 1.165) is 55.6 Å². The minimum absolute atomic E-state index is 0.194. The van der Waals surface area contributed by atoms with Crippen molar-refractivity contribution < 1.29 is 18.7 Å². The Labute approximate surface area is 198 Å². The molecule has 0 heterocycles. The number of rotatable bonds is 11. The van der Waals surface area contributed by atoms with Crippen molar-refractivity contribution in [2.24, 2.45) is 5.92 Å². The summed E-state index contributed by atoms with van der Waals surface area (Å²) in [7, 11) is 0. The molecular weight excluding hydrogens is 415 g/mol. The molecule has 1 aliphatic rings. The van der Waals surface area contributed by atoms with Gasteiger partial charge in [0, 0.05) is 5.56 Å². The highest BCUT2D eigenvalue weighted by Gasteiger charge is 2.23. The number of hydrogen-bond acceptors (Lipinski definition) is 3. The Morgan fingerprint density at radius 3 is 2.30 bits per heavy atom. The monoisotopic (exact) mass is 454 g/mol.